The molecule has 3 aromatic rings. The fourth-order valence-electron chi connectivity index (χ4n) is 4.23. The van der Waals surface area contributed by atoms with Crippen LogP contribution in [0.5, 0.6) is 0 Å². The van der Waals surface area contributed by atoms with Gasteiger partial charge in [0.15, 0.2) is 5.82 Å². The van der Waals surface area contributed by atoms with Crippen LogP contribution in [0.2, 0.25) is 0 Å². The van der Waals surface area contributed by atoms with Gasteiger partial charge in [0.1, 0.15) is 11.2 Å². The third-order valence-corrected chi connectivity index (χ3v) is 5.99. The molecule has 7 nitrogen and oxygen atoms in total. The van der Waals surface area contributed by atoms with E-state index in [0.29, 0.717) is 24.3 Å². The van der Waals surface area contributed by atoms with E-state index in [4.69, 9.17) is 9.72 Å². The van der Waals surface area contributed by atoms with Crippen LogP contribution in [-0.4, -0.2) is 66.6 Å². The number of hydrogen-bond donors (Lipinski definition) is 2. The molecule has 1 aromatic carbocycles. The molecule has 0 radical (unpaired) electrons. The summed E-state index contributed by atoms with van der Waals surface area (Å²) in [6.45, 7) is 4.73. The van der Waals surface area contributed by atoms with Gasteiger partial charge in [-0.25, -0.2) is 14.4 Å². The first-order chi connectivity index (χ1) is 15.2. The van der Waals surface area contributed by atoms with Crippen molar-refractivity contribution in [1.82, 2.24) is 20.3 Å². The maximum Gasteiger partial charge on any atom is 0.155 e. The molecule has 0 spiro atoms. The summed E-state index contributed by atoms with van der Waals surface area (Å²) in [6.07, 6.45) is 4.68. The molecule has 2 saturated heterocycles. The highest BCUT2D eigenvalue weighted by molar-refractivity contribution is 5.88. The smallest absolute Gasteiger partial charge is 0.155 e. The first-order valence-electron chi connectivity index (χ1n) is 10.9. The van der Waals surface area contributed by atoms with Crippen molar-refractivity contribution in [2.75, 3.05) is 56.2 Å². The Morgan fingerprint density at radius 3 is 2.71 bits per heavy atom. The molecular weight excluding hydrogens is 395 g/mol. The molecule has 0 aliphatic carbocycles. The summed E-state index contributed by atoms with van der Waals surface area (Å²) >= 11 is 0. The van der Waals surface area contributed by atoms with Crippen LogP contribution < -0.4 is 15.5 Å². The zero-order valence-corrected chi connectivity index (χ0v) is 17.5. The molecule has 162 valence electrons. The molecule has 0 amide bonds. The number of hydrogen-bond acceptors (Lipinski definition) is 7. The second-order valence-corrected chi connectivity index (χ2v) is 8.21. The van der Waals surface area contributed by atoms with Gasteiger partial charge in [0.05, 0.1) is 31.0 Å². The normalized spacial score (nSPS) is 21.9. The number of halogens is 1. The lowest BCUT2D eigenvalue weighted by molar-refractivity contribution is 0.122. The Balaban J connectivity index is 1.42. The highest BCUT2D eigenvalue weighted by Gasteiger charge is 2.31. The molecule has 2 N–H and O–H groups in total. The van der Waals surface area contributed by atoms with Crippen LogP contribution in [0.15, 0.2) is 42.7 Å². The average Bonchev–Trinajstić information content (AvgIpc) is 2.83. The van der Waals surface area contributed by atoms with E-state index in [0.717, 1.165) is 56.0 Å². The number of benzene rings is 1. The van der Waals surface area contributed by atoms with Gasteiger partial charge in [-0.15, -0.1) is 0 Å². The topological polar surface area (TPSA) is 75.2 Å². The largest absolute Gasteiger partial charge is 0.378 e. The maximum atomic E-state index is 15.1. The van der Waals surface area contributed by atoms with Crippen molar-refractivity contribution >= 4 is 22.5 Å². The van der Waals surface area contributed by atoms with Crippen LogP contribution >= 0.6 is 0 Å². The van der Waals surface area contributed by atoms with Crippen molar-refractivity contribution in [3.8, 4) is 11.3 Å². The SMILES string of the molecule is F[C@]1(CNc2nc(-c3ccc(N4CCOCC4)cc3)cc3nccnc23)CCCNC1. The summed E-state index contributed by atoms with van der Waals surface area (Å²) in [5, 5.41) is 6.36. The van der Waals surface area contributed by atoms with E-state index in [9.17, 15) is 0 Å². The summed E-state index contributed by atoms with van der Waals surface area (Å²) in [4.78, 5) is 16.0. The Hall–Kier alpha value is -2.84. The van der Waals surface area contributed by atoms with Gasteiger partial charge in [0.25, 0.3) is 0 Å². The number of nitrogens with zero attached hydrogens (tertiary/aromatic N) is 4. The molecular formula is C23H27FN6O. The lowest BCUT2D eigenvalue weighted by Gasteiger charge is -2.30. The molecule has 4 heterocycles. The van der Waals surface area contributed by atoms with Crippen molar-refractivity contribution in [3.05, 3.63) is 42.7 Å². The fraction of sp³-hybridized carbons (Fsp3) is 0.435. The lowest BCUT2D eigenvalue weighted by Crippen LogP contribution is -2.46. The number of piperidine rings is 1. The molecule has 2 aliphatic rings. The quantitative estimate of drug-likeness (QED) is 0.655. The van der Waals surface area contributed by atoms with Gasteiger partial charge in [-0.1, -0.05) is 12.1 Å². The van der Waals surface area contributed by atoms with Gasteiger partial charge in [-0.3, -0.25) is 4.98 Å². The van der Waals surface area contributed by atoms with E-state index in [1.54, 1.807) is 12.4 Å². The van der Waals surface area contributed by atoms with Gasteiger partial charge in [-0.05, 0) is 37.6 Å². The molecule has 1 atom stereocenters. The number of alkyl halides is 1. The standard InChI is InChI=1S/C23H27FN6O/c24-23(6-1-7-25-15-23)16-28-22-21-20(26-8-9-27-21)14-19(29-22)17-2-4-18(5-3-17)30-10-12-31-13-11-30/h2-5,8-9,14,25H,1,6-7,10-13,15-16H2,(H,28,29)/t23-/m1/s1. The van der Waals surface area contributed by atoms with Crippen molar-refractivity contribution in [3.63, 3.8) is 0 Å². The van der Waals surface area contributed by atoms with Crippen molar-refractivity contribution in [1.29, 1.82) is 0 Å². The van der Waals surface area contributed by atoms with Gasteiger partial charge in [0.2, 0.25) is 0 Å². The number of anilines is 2. The number of pyridine rings is 1. The monoisotopic (exact) mass is 422 g/mol. The Morgan fingerprint density at radius 2 is 1.94 bits per heavy atom. The van der Waals surface area contributed by atoms with E-state index >= 15 is 4.39 Å². The molecule has 0 saturated carbocycles. The van der Waals surface area contributed by atoms with Crippen molar-refractivity contribution in [2.24, 2.45) is 0 Å². The van der Waals surface area contributed by atoms with Gasteiger partial charge in [-0.2, -0.15) is 0 Å². The summed E-state index contributed by atoms with van der Waals surface area (Å²) in [7, 11) is 0. The van der Waals surface area contributed by atoms with Gasteiger partial charge >= 0.3 is 0 Å². The predicted molar refractivity (Wildman–Crippen MR) is 120 cm³/mol. The second kappa shape index (κ2) is 8.72. The fourth-order valence-corrected chi connectivity index (χ4v) is 4.23. The minimum atomic E-state index is -1.29. The number of rotatable bonds is 5. The Labute approximate surface area is 181 Å². The molecule has 2 fully saturated rings. The van der Waals surface area contributed by atoms with Gasteiger partial charge < -0.3 is 20.3 Å². The highest BCUT2D eigenvalue weighted by atomic mass is 19.1. The molecule has 8 heteroatoms. The molecule has 5 rings (SSSR count). The Bertz CT molecular complexity index is 1030. The van der Waals surface area contributed by atoms with Crippen LogP contribution in [0.25, 0.3) is 22.3 Å². The summed E-state index contributed by atoms with van der Waals surface area (Å²) in [5.41, 5.74) is 3.06. The number of ether oxygens (including phenoxy) is 1. The van der Waals surface area contributed by atoms with Gasteiger partial charge in [0, 0.05) is 43.3 Å². The summed E-state index contributed by atoms with van der Waals surface area (Å²) in [6, 6.07) is 10.3. The average molecular weight is 423 g/mol. The first kappa shape index (κ1) is 20.1. The predicted octanol–water partition coefficient (Wildman–Crippen LogP) is 3.03. The zero-order chi connectivity index (χ0) is 21.1. The Morgan fingerprint density at radius 1 is 1.13 bits per heavy atom. The van der Waals surface area contributed by atoms with Crippen LogP contribution in [0.3, 0.4) is 0 Å². The van der Waals surface area contributed by atoms with E-state index in [1.165, 1.54) is 5.69 Å². The van der Waals surface area contributed by atoms with E-state index in [2.05, 4.69) is 49.8 Å². The molecule has 0 unspecified atom stereocenters. The van der Waals surface area contributed by atoms with E-state index in [-0.39, 0.29) is 6.54 Å². The first-order valence-corrected chi connectivity index (χ1v) is 10.9. The lowest BCUT2D eigenvalue weighted by atomic mass is 9.96. The van der Waals surface area contributed by atoms with Crippen molar-refractivity contribution < 1.29 is 9.13 Å². The third kappa shape index (κ3) is 4.45. The molecule has 2 aliphatic heterocycles. The van der Waals surface area contributed by atoms with Crippen LogP contribution in [-0.2, 0) is 4.74 Å². The molecule has 0 bridgehead atoms. The van der Waals surface area contributed by atoms with Crippen LogP contribution in [0.1, 0.15) is 12.8 Å². The number of morpholine rings is 1. The maximum absolute atomic E-state index is 15.1. The summed E-state index contributed by atoms with van der Waals surface area (Å²) in [5.74, 6) is 0.570. The minimum absolute atomic E-state index is 0.193. The van der Waals surface area contributed by atoms with E-state index in [1.807, 2.05) is 6.07 Å². The number of aromatic nitrogens is 3. The minimum Gasteiger partial charge on any atom is -0.378 e. The summed E-state index contributed by atoms with van der Waals surface area (Å²) < 4.78 is 20.5. The molecule has 31 heavy (non-hydrogen) atoms. The zero-order valence-electron chi connectivity index (χ0n) is 17.5. The van der Waals surface area contributed by atoms with Crippen molar-refractivity contribution in [2.45, 2.75) is 18.5 Å². The third-order valence-electron chi connectivity index (χ3n) is 5.99. The molecule has 2 aromatic heterocycles. The number of fused-ring (bicyclic) bond motifs is 1. The van der Waals surface area contributed by atoms with Crippen LogP contribution in [0, 0.1) is 0 Å². The second-order valence-electron chi connectivity index (χ2n) is 8.21. The number of nitrogens with one attached hydrogen (secondary N) is 2. The highest BCUT2D eigenvalue weighted by Crippen LogP contribution is 2.29. The van der Waals surface area contributed by atoms with Crippen LogP contribution in [0.4, 0.5) is 15.9 Å². The Kier molecular flexibility index (Phi) is 5.65. The van der Waals surface area contributed by atoms with E-state index < -0.39 is 5.67 Å².